The molecule has 0 radical (unpaired) electrons. The Labute approximate surface area is 115 Å². The second kappa shape index (κ2) is 5.22. The Hall–Kier alpha value is -1.53. The maximum absolute atomic E-state index is 8.99. The Morgan fingerprint density at radius 3 is 2.37 bits per heavy atom. The number of nitriles is 1. The van der Waals surface area contributed by atoms with Crippen molar-refractivity contribution < 1.29 is 0 Å². The van der Waals surface area contributed by atoms with E-state index in [0.29, 0.717) is 5.41 Å². The lowest BCUT2D eigenvalue weighted by molar-refractivity contribution is 0.108. The Morgan fingerprint density at radius 1 is 1.05 bits per heavy atom. The minimum Gasteiger partial charge on any atom is -0.310 e. The zero-order chi connectivity index (χ0) is 13.1. The van der Waals surface area contributed by atoms with Crippen LogP contribution >= 0.6 is 0 Å². The minimum absolute atomic E-state index is 0.433. The van der Waals surface area contributed by atoms with Crippen LogP contribution in [0.3, 0.4) is 0 Å². The van der Waals surface area contributed by atoms with Crippen LogP contribution in [0.25, 0.3) is 0 Å². The predicted octanol–water partition coefficient (Wildman–Crippen LogP) is 2.46. The summed E-state index contributed by atoms with van der Waals surface area (Å²) in [6.45, 7) is 5.37. The third-order valence-corrected chi connectivity index (χ3v) is 4.75. The Bertz CT molecular complexity index is 455. The molecule has 100 valence electrons. The normalized spacial score (nSPS) is 22.6. The fraction of sp³-hybridized carbons (Fsp3) is 0.562. The van der Waals surface area contributed by atoms with Crippen molar-refractivity contribution in [2.45, 2.75) is 25.8 Å². The van der Waals surface area contributed by atoms with Gasteiger partial charge in [0.25, 0.3) is 0 Å². The lowest BCUT2D eigenvalue weighted by Crippen LogP contribution is -2.40. The van der Waals surface area contributed by atoms with Crippen LogP contribution in [0.2, 0.25) is 0 Å². The summed E-state index contributed by atoms with van der Waals surface area (Å²) in [5.41, 5.74) is 1.84. The summed E-state index contributed by atoms with van der Waals surface area (Å²) in [5.74, 6) is 0. The van der Waals surface area contributed by atoms with E-state index in [9.17, 15) is 0 Å². The van der Waals surface area contributed by atoms with Gasteiger partial charge < -0.3 is 4.90 Å². The van der Waals surface area contributed by atoms with Crippen LogP contribution in [0, 0.1) is 16.9 Å². The molecule has 3 heteroatoms. The number of hydrogen-bond acceptors (Lipinski definition) is 3. The number of piperidine rings is 1. The van der Waals surface area contributed by atoms with E-state index < -0.39 is 0 Å². The van der Waals surface area contributed by atoms with E-state index in [0.717, 1.165) is 19.6 Å². The monoisotopic (exact) mass is 255 g/mol. The number of likely N-dealkylation sites (tertiary alicyclic amines) is 2. The molecule has 2 aliphatic rings. The molecule has 0 amide bonds. The second-order valence-electron chi connectivity index (χ2n) is 6.03. The molecular formula is C16H21N3. The molecule has 3 nitrogen and oxygen atoms in total. The van der Waals surface area contributed by atoms with Crippen molar-refractivity contribution in [3.05, 3.63) is 35.9 Å². The third-order valence-electron chi connectivity index (χ3n) is 4.75. The number of nitrogens with zero attached hydrogens (tertiary/aromatic N) is 3. The van der Waals surface area contributed by atoms with E-state index in [2.05, 4.69) is 41.4 Å². The lowest BCUT2D eigenvalue weighted by atomic mass is 9.78. The highest BCUT2D eigenvalue weighted by Gasteiger charge is 2.40. The van der Waals surface area contributed by atoms with Gasteiger partial charge in [0.15, 0.2) is 6.19 Å². The molecule has 2 fully saturated rings. The first-order chi connectivity index (χ1) is 9.30. The molecule has 0 atom stereocenters. The smallest absolute Gasteiger partial charge is 0.179 e. The molecule has 2 heterocycles. The topological polar surface area (TPSA) is 30.3 Å². The molecule has 3 rings (SSSR count). The van der Waals surface area contributed by atoms with E-state index in [1.165, 1.54) is 37.9 Å². The summed E-state index contributed by atoms with van der Waals surface area (Å²) >= 11 is 0. The van der Waals surface area contributed by atoms with E-state index in [4.69, 9.17) is 5.26 Å². The molecule has 2 aliphatic heterocycles. The van der Waals surface area contributed by atoms with Gasteiger partial charge in [0, 0.05) is 19.6 Å². The molecule has 19 heavy (non-hydrogen) atoms. The maximum atomic E-state index is 8.99. The van der Waals surface area contributed by atoms with Gasteiger partial charge in [0.2, 0.25) is 0 Å². The van der Waals surface area contributed by atoms with Gasteiger partial charge in [-0.3, -0.25) is 4.90 Å². The van der Waals surface area contributed by atoms with Gasteiger partial charge in [-0.25, -0.2) is 0 Å². The summed E-state index contributed by atoms with van der Waals surface area (Å²) in [6.07, 6.45) is 6.01. The van der Waals surface area contributed by atoms with Gasteiger partial charge >= 0.3 is 0 Å². The summed E-state index contributed by atoms with van der Waals surface area (Å²) in [5, 5.41) is 8.99. The highest BCUT2D eigenvalue weighted by Crippen LogP contribution is 2.40. The quantitative estimate of drug-likeness (QED) is 0.760. The number of benzene rings is 1. The fourth-order valence-electron chi connectivity index (χ4n) is 3.46. The van der Waals surface area contributed by atoms with Gasteiger partial charge in [-0.15, -0.1) is 0 Å². The SMILES string of the molecule is N#CN1CCC2(CCN(Cc3ccccc3)CC2)C1. The maximum Gasteiger partial charge on any atom is 0.179 e. The van der Waals surface area contributed by atoms with Crippen molar-refractivity contribution in [1.82, 2.24) is 9.80 Å². The number of rotatable bonds is 2. The molecule has 1 aromatic rings. The Balaban J connectivity index is 1.54. The largest absolute Gasteiger partial charge is 0.310 e. The van der Waals surface area contributed by atoms with E-state index >= 15 is 0 Å². The highest BCUT2D eigenvalue weighted by molar-refractivity contribution is 5.14. The first kappa shape index (κ1) is 12.5. The van der Waals surface area contributed by atoms with Crippen LogP contribution < -0.4 is 0 Å². The summed E-state index contributed by atoms with van der Waals surface area (Å²) in [7, 11) is 0. The van der Waals surface area contributed by atoms with E-state index in [-0.39, 0.29) is 0 Å². The van der Waals surface area contributed by atoms with Crippen LogP contribution in [0.4, 0.5) is 0 Å². The summed E-state index contributed by atoms with van der Waals surface area (Å²) in [6, 6.07) is 10.7. The van der Waals surface area contributed by atoms with Crippen LogP contribution in [-0.2, 0) is 6.54 Å². The molecule has 0 aliphatic carbocycles. The van der Waals surface area contributed by atoms with Crippen molar-refractivity contribution in [1.29, 1.82) is 5.26 Å². The van der Waals surface area contributed by atoms with Gasteiger partial charge in [0.1, 0.15) is 0 Å². The van der Waals surface area contributed by atoms with Crippen LogP contribution in [0.5, 0.6) is 0 Å². The molecule has 0 N–H and O–H groups in total. The van der Waals surface area contributed by atoms with Crippen LogP contribution in [-0.4, -0.2) is 36.0 Å². The van der Waals surface area contributed by atoms with Gasteiger partial charge in [-0.1, -0.05) is 30.3 Å². The molecule has 1 aromatic carbocycles. The first-order valence-corrected chi connectivity index (χ1v) is 7.21. The van der Waals surface area contributed by atoms with Crippen LogP contribution in [0.15, 0.2) is 30.3 Å². The van der Waals surface area contributed by atoms with Crippen molar-refractivity contribution in [2.75, 3.05) is 26.2 Å². The average Bonchev–Trinajstić information content (AvgIpc) is 2.86. The molecule has 2 saturated heterocycles. The van der Waals surface area contributed by atoms with Gasteiger partial charge in [0.05, 0.1) is 0 Å². The van der Waals surface area contributed by atoms with E-state index in [1.807, 2.05) is 4.90 Å². The third kappa shape index (κ3) is 2.74. The zero-order valence-electron chi connectivity index (χ0n) is 11.4. The Kier molecular flexibility index (Phi) is 3.44. The van der Waals surface area contributed by atoms with Crippen molar-refractivity contribution in [2.24, 2.45) is 5.41 Å². The molecule has 0 aromatic heterocycles. The molecule has 0 saturated carbocycles. The standard InChI is InChI=1S/C16H21N3/c17-14-19-11-8-16(13-19)6-9-18(10-7-16)12-15-4-2-1-3-5-15/h1-5H,6-13H2. The van der Waals surface area contributed by atoms with Crippen molar-refractivity contribution in [3.63, 3.8) is 0 Å². The van der Waals surface area contributed by atoms with Crippen LogP contribution in [0.1, 0.15) is 24.8 Å². The summed E-state index contributed by atoms with van der Waals surface area (Å²) < 4.78 is 0. The molecular weight excluding hydrogens is 234 g/mol. The van der Waals surface area contributed by atoms with Gasteiger partial charge in [-0.2, -0.15) is 5.26 Å². The molecule has 0 unspecified atom stereocenters. The zero-order valence-corrected chi connectivity index (χ0v) is 11.4. The average molecular weight is 255 g/mol. The molecule has 0 bridgehead atoms. The van der Waals surface area contributed by atoms with Gasteiger partial charge in [-0.05, 0) is 43.3 Å². The van der Waals surface area contributed by atoms with Crippen molar-refractivity contribution in [3.8, 4) is 6.19 Å². The lowest BCUT2D eigenvalue weighted by Gasteiger charge is -2.39. The minimum atomic E-state index is 0.433. The second-order valence-corrected chi connectivity index (χ2v) is 6.03. The van der Waals surface area contributed by atoms with Crippen molar-refractivity contribution >= 4 is 0 Å². The highest BCUT2D eigenvalue weighted by atomic mass is 15.2. The van der Waals surface area contributed by atoms with E-state index in [1.54, 1.807) is 0 Å². The fourth-order valence-corrected chi connectivity index (χ4v) is 3.46. The first-order valence-electron chi connectivity index (χ1n) is 7.21. The molecule has 1 spiro atoms. The number of hydrogen-bond donors (Lipinski definition) is 0. The summed E-state index contributed by atoms with van der Waals surface area (Å²) in [4.78, 5) is 4.49. The predicted molar refractivity (Wildman–Crippen MR) is 75.2 cm³/mol. The Morgan fingerprint density at radius 2 is 1.74 bits per heavy atom.